The summed E-state index contributed by atoms with van der Waals surface area (Å²) in [7, 11) is 0. The van der Waals surface area contributed by atoms with Crippen molar-refractivity contribution >= 4 is 5.69 Å². The van der Waals surface area contributed by atoms with Gasteiger partial charge >= 0.3 is 0 Å². The number of hydrogen-bond donors (Lipinski definition) is 1. The second kappa shape index (κ2) is 3.86. The predicted molar refractivity (Wildman–Crippen MR) is 63.1 cm³/mol. The van der Waals surface area contributed by atoms with E-state index in [9.17, 15) is 5.11 Å². The molecule has 0 unspecified atom stereocenters. The Morgan fingerprint density at radius 1 is 1.07 bits per heavy atom. The fourth-order valence-electron chi connectivity index (χ4n) is 2.06. The van der Waals surface area contributed by atoms with Crippen LogP contribution in [0.1, 0.15) is 32.3 Å². The molecule has 1 aliphatic rings. The van der Waals surface area contributed by atoms with Crippen LogP contribution in [0, 0.1) is 0 Å². The second-order valence-electron chi connectivity index (χ2n) is 4.80. The van der Waals surface area contributed by atoms with E-state index in [1.54, 1.807) is 0 Å². The van der Waals surface area contributed by atoms with Crippen LogP contribution in [0.5, 0.6) is 0 Å². The van der Waals surface area contributed by atoms with Crippen LogP contribution in [-0.2, 0) is 5.60 Å². The van der Waals surface area contributed by atoms with Crippen LogP contribution in [0.3, 0.4) is 0 Å². The summed E-state index contributed by atoms with van der Waals surface area (Å²) in [5.74, 6) is 0. The van der Waals surface area contributed by atoms with Gasteiger partial charge in [0.1, 0.15) is 0 Å². The molecule has 1 heterocycles. The molecule has 82 valence electrons. The molecule has 1 aromatic rings. The summed E-state index contributed by atoms with van der Waals surface area (Å²) >= 11 is 0. The molecule has 2 heteroatoms. The first-order valence-electron chi connectivity index (χ1n) is 5.65. The number of benzene rings is 1. The smallest absolute Gasteiger partial charge is 0.0840 e. The van der Waals surface area contributed by atoms with Crippen molar-refractivity contribution in [3.05, 3.63) is 29.8 Å². The molecule has 2 nitrogen and oxygen atoms in total. The van der Waals surface area contributed by atoms with Gasteiger partial charge in [-0.25, -0.2) is 0 Å². The Labute approximate surface area is 91.5 Å². The maximum atomic E-state index is 9.83. The molecule has 0 bridgehead atoms. The number of hydrogen-bond acceptors (Lipinski definition) is 2. The molecule has 1 N–H and O–H groups in total. The van der Waals surface area contributed by atoms with Gasteiger partial charge in [0.15, 0.2) is 0 Å². The van der Waals surface area contributed by atoms with E-state index in [1.807, 2.05) is 26.0 Å². The molecule has 15 heavy (non-hydrogen) atoms. The van der Waals surface area contributed by atoms with E-state index in [2.05, 4.69) is 17.0 Å². The summed E-state index contributed by atoms with van der Waals surface area (Å²) in [6.07, 6.45) is 2.60. The standard InChI is InChI=1S/C13H19NO/c1-13(2,15)11-5-7-12(8-6-11)14-9-3-4-10-14/h5-8,15H,3-4,9-10H2,1-2H3. The highest BCUT2D eigenvalue weighted by atomic mass is 16.3. The first kappa shape index (κ1) is 10.5. The van der Waals surface area contributed by atoms with Gasteiger partial charge in [-0.05, 0) is 44.4 Å². The lowest BCUT2D eigenvalue weighted by atomic mass is 9.98. The van der Waals surface area contributed by atoms with Crippen LogP contribution in [-0.4, -0.2) is 18.2 Å². The molecule has 2 rings (SSSR count). The maximum absolute atomic E-state index is 9.83. The van der Waals surface area contributed by atoms with Gasteiger partial charge in [-0.3, -0.25) is 0 Å². The minimum absolute atomic E-state index is 0.733. The molecule has 0 aliphatic carbocycles. The topological polar surface area (TPSA) is 23.5 Å². The van der Waals surface area contributed by atoms with Crippen molar-refractivity contribution in [3.8, 4) is 0 Å². The summed E-state index contributed by atoms with van der Waals surface area (Å²) in [6, 6.07) is 8.26. The van der Waals surface area contributed by atoms with E-state index in [0.29, 0.717) is 0 Å². The lowest BCUT2D eigenvalue weighted by molar-refractivity contribution is 0.0786. The fourth-order valence-corrected chi connectivity index (χ4v) is 2.06. The van der Waals surface area contributed by atoms with E-state index >= 15 is 0 Å². The highest BCUT2D eigenvalue weighted by Gasteiger charge is 2.17. The largest absolute Gasteiger partial charge is 0.386 e. The molecule has 0 aromatic heterocycles. The summed E-state index contributed by atoms with van der Waals surface area (Å²) in [6.45, 7) is 5.97. The highest BCUT2D eigenvalue weighted by Crippen LogP contribution is 2.24. The lowest BCUT2D eigenvalue weighted by Gasteiger charge is -2.21. The molecule has 1 aromatic carbocycles. The molecule has 0 spiro atoms. The molecule has 1 fully saturated rings. The molecular formula is C13H19NO. The first-order valence-corrected chi connectivity index (χ1v) is 5.65. The minimum atomic E-state index is -0.733. The first-order chi connectivity index (χ1) is 7.07. The highest BCUT2D eigenvalue weighted by molar-refractivity contribution is 5.48. The van der Waals surface area contributed by atoms with Crippen molar-refractivity contribution in [2.75, 3.05) is 18.0 Å². The Morgan fingerprint density at radius 2 is 1.60 bits per heavy atom. The molecule has 0 atom stereocenters. The molecular weight excluding hydrogens is 186 g/mol. The van der Waals surface area contributed by atoms with Gasteiger partial charge in [-0.15, -0.1) is 0 Å². The second-order valence-corrected chi connectivity index (χ2v) is 4.80. The summed E-state index contributed by atoms with van der Waals surface area (Å²) < 4.78 is 0. The zero-order chi connectivity index (χ0) is 10.9. The molecule has 0 saturated carbocycles. The van der Waals surface area contributed by atoms with Gasteiger partial charge < -0.3 is 10.0 Å². The van der Waals surface area contributed by atoms with Gasteiger partial charge in [0.05, 0.1) is 5.60 Å². The molecule has 0 amide bonds. The third-order valence-electron chi connectivity index (χ3n) is 3.04. The number of nitrogens with zero attached hydrogens (tertiary/aromatic N) is 1. The molecule has 0 radical (unpaired) electrons. The average Bonchev–Trinajstić information content (AvgIpc) is 2.69. The SMILES string of the molecule is CC(C)(O)c1ccc(N2CCCC2)cc1. The zero-order valence-electron chi connectivity index (χ0n) is 9.53. The number of anilines is 1. The Kier molecular flexibility index (Phi) is 2.70. The normalized spacial score (nSPS) is 17.1. The third kappa shape index (κ3) is 2.32. The minimum Gasteiger partial charge on any atom is -0.386 e. The number of rotatable bonds is 2. The van der Waals surface area contributed by atoms with Crippen LogP contribution in [0.25, 0.3) is 0 Å². The van der Waals surface area contributed by atoms with Crippen molar-refractivity contribution < 1.29 is 5.11 Å². The van der Waals surface area contributed by atoms with Gasteiger partial charge in [-0.2, -0.15) is 0 Å². The lowest BCUT2D eigenvalue weighted by Crippen LogP contribution is -2.19. The third-order valence-corrected chi connectivity index (χ3v) is 3.04. The van der Waals surface area contributed by atoms with Crippen LogP contribution in [0.15, 0.2) is 24.3 Å². The van der Waals surface area contributed by atoms with Gasteiger partial charge in [0.2, 0.25) is 0 Å². The van der Waals surface area contributed by atoms with E-state index < -0.39 is 5.60 Å². The number of aliphatic hydroxyl groups is 1. The van der Waals surface area contributed by atoms with E-state index in [0.717, 1.165) is 5.56 Å². The Balaban J connectivity index is 2.16. The van der Waals surface area contributed by atoms with Crippen molar-refractivity contribution in [3.63, 3.8) is 0 Å². The van der Waals surface area contributed by atoms with Crippen molar-refractivity contribution in [1.82, 2.24) is 0 Å². The van der Waals surface area contributed by atoms with Crippen molar-refractivity contribution in [2.24, 2.45) is 0 Å². The average molecular weight is 205 g/mol. The maximum Gasteiger partial charge on any atom is 0.0840 e. The van der Waals surface area contributed by atoms with E-state index in [-0.39, 0.29) is 0 Å². The van der Waals surface area contributed by atoms with Gasteiger partial charge in [-0.1, -0.05) is 12.1 Å². The summed E-state index contributed by atoms with van der Waals surface area (Å²) in [5, 5.41) is 9.83. The van der Waals surface area contributed by atoms with Crippen molar-refractivity contribution in [2.45, 2.75) is 32.3 Å². The van der Waals surface area contributed by atoms with Crippen LogP contribution >= 0.6 is 0 Å². The molecule has 1 saturated heterocycles. The Bertz CT molecular complexity index is 317. The summed E-state index contributed by atoms with van der Waals surface area (Å²) in [5.41, 5.74) is 1.52. The fraction of sp³-hybridized carbons (Fsp3) is 0.538. The van der Waals surface area contributed by atoms with E-state index in [1.165, 1.54) is 31.6 Å². The van der Waals surface area contributed by atoms with Crippen LogP contribution < -0.4 is 4.90 Å². The quantitative estimate of drug-likeness (QED) is 0.802. The monoisotopic (exact) mass is 205 g/mol. The van der Waals surface area contributed by atoms with E-state index in [4.69, 9.17) is 0 Å². The Hall–Kier alpha value is -1.02. The Morgan fingerprint density at radius 3 is 2.07 bits per heavy atom. The summed E-state index contributed by atoms with van der Waals surface area (Å²) in [4.78, 5) is 2.40. The van der Waals surface area contributed by atoms with Gasteiger partial charge in [0.25, 0.3) is 0 Å². The van der Waals surface area contributed by atoms with Crippen LogP contribution in [0.4, 0.5) is 5.69 Å². The molecule has 1 aliphatic heterocycles. The predicted octanol–water partition coefficient (Wildman–Crippen LogP) is 2.51. The van der Waals surface area contributed by atoms with Crippen LogP contribution in [0.2, 0.25) is 0 Å². The zero-order valence-corrected chi connectivity index (χ0v) is 9.53. The van der Waals surface area contributed by atoms with Crippen molar-refractivity contribution in [1.29, 1.82) is 0 Å². The van der Waals surface area contributed by atoms with Gasteiger partial charge in [0, 0.05) is 18.8 Å².